The molecule has 0 saturated carbocycles. The number of nitrogens with zero attached hydrogens (tertiary/aromatic N) is 1. The van der Waals surface area contributed by atoms with Gasteiger partial charge in [0, 0.05) is 11.1 Å². The zero-order valence-electron chi connectivity index (χ0n) is 12.8. The topological polar surface area (TPSA) is 12.9 Å². The molecule has 0 atom stereocenters. The number of pyridine rings is 1. The largest absolute Gasteiger partial charge is 0.253 e. The van der Waals surface area contributed by atoms with Crippen molar-refractivity contribution in [2.75, 3.05) is 0 Å². The average molecular weight is 267 g/mol. The fraction of sp³-hybridized carbons (Fsp3) is 0.526. The minimum absolute atomic E-state index is 1.17. The van der Waals surface area contributed by atoms with Crippen molar-refractivity contribution in [3.8, 4) is 0 Å². The van der Waals surface area contributed by atoms with Gasteiger partial charge in [0.2, 0.25) is 0 Å². The Balaban J connectivity index is 2.08. The molecule has 0 aliphatic heterocycles. The lowest BCUT2D eigenvalue weighted by Gasteiger charge is -2.21. The van der Waals surface area contributed by atoms with E-state index in [2.05, 4.69) is 32.0 Å². The van der Waals surface area contributed by atoms with Gasteiger partial charge in [0.25, 0.3) is 0 Å². The highest BCUT2D eigenvalue weighted by Gasteiger charge is 2.17. The molecule has 0 unspecified atom stereocenters. The minimum Gasteiger partial charge on any atom is -0.253 e. The fourth-order valence-corrected chi connectivity index (χ4v) is 3.47. The van der Waals surface area contributed by atoms with Crippen LogP contribution in [0.5, 0.6) is 0 Å². The van der Waals surface area contributed by atoms with Crippen molar-refractivity contribution in [3.63, 3.8) is 0 Å². The van der Waals surface area contributed by atoms with E-state index in [1.165, 1.54) is 73.5 Å². The zero-order chi connectivity index (χ0) is 13.9. The summed E-state index contributed by atoms with van der Waals surface area (Å²) >= 11 is 0. The van der Waals surface area contributed by atoms with Gasteiger partial charge in [0.05, 0.1) is 5.52 Å². The van der Waals surface area contributed by atoms with Crippen LogP contribution in [-0.4, -0.2) is 4.98 Å². The Morgan fingerprint density at radius 1 is 1.05 bits per heavy atom. The predicted octanol–water partition coefficient (Wildman–Crippen LogP) is 5.15. The van der Waals surface area contributed by atoms with Crippen LogP contribution in [0.3, 0.4) is 0 Å². The van der Waals surface area contributed by atoms with Gasteiger partial charge >= 0.3 is 0 Å². The van der Waals surface area contributed by atoms with Crippen molar-refractivity contribution in [1.29, 1.82) is 0 Å². The number of rotatable bonds is 4. The van der Waals surface area contributed by atoms with Crippen LogP contribution in [0.15, 0.2) is 18.2 Å². The lowest BCUT2D eigenvalue weighted by Crippen LogP contribution is -2.10. The molecule has 1 heterocycles. The molecule has 1 heteroatoms. The molecule has 0 N–H and O–H groups in total. The highest BCUT2D eigenvalue weighted by Crippen LogP contribution is 2.31. The molecule has 1 aromatic carbocycles. The van der Waals surface area contributed by atoms with E-state index in [1.54, 1.807) is 11.1 Å². The number of unbranched alkanes of at least 4 members (excludes halogenated alkanes) is 2. The molecule has 1 aromatic heterocycles. The second kappa shape index (κ2) is 5.95. The molecule has 0 radical (unpaired) electrons. The summed E-state index contributed by atoms with van der Waals surface area (Å²) < 4.78 is 0. The number of hydrogen-bond acceptors (Lipinski definition) is 1. The van der Waals surface area contributed by atoms with E-state index < -0.39 is 0 Å². The van der Waals surface area contributed by atoms with E-state index in [-0.39, 0.29) is 0 Å². The Hall–Kier alpha value is -1.37. The molecule has 3 rings (SSSR count). The minimum atomic E-state index is 1.17. The quantitative estimate of drug-likeness (QED) is 0.698. The van der Waals surface area contributed by atoms with E-state index >= 15 is 0 Å². The summed E-state index contributed by atoms with van der Waals surface area (Å²) in [5.41, 5.74) is 7.15. The molecule has 0 amide bonds. The summed E-state index contributed by atoms with van der Waals surface area (Å²) in [6.45, 7) is 4.45. The van der Waals surface area contributed by atoms with Crippen molar-refractivity contribution >= 4 is 10.9 Å². The monoisotopic (exact) mass is 267 g/mol. The lowest BCUT2D eigenvalue weighted by molar-refractivity contribution is 0.659. The predicted molar refractivity (Wildman–Crippen MR) is 86.4 cm³/mol. The smallest absolute Gasteiger partial charge is 0.0708 e. The van der Waals surface area contributed by atoms with Gasteiger partial charge in [0.1, 0.15) is 0 Å². The third-order valence-electron chi connectivity index (χ3n) is 4.57. The van der Waals surface area contributed by atoms with E-state index in [1.807, 2.05) is 0 Å². The summed E-state index contributed by atoms with van der Waals surface area (Å²) in [7, 11) is 0. The van der Waals surface area contributed by atoms with Gasteiger partial charge in [0.15, 0.2) is 0 Å². The van der Waals surface area contributed by atoms with Gasteiger partial charge in [-0.15, -0.1) is 0 Å². The van der Waals surface area contributed by atoms with Crippen LogP contribution in [0.4, 0.5) is 0 Å². The van der Waals surface area contributed by atoms with Crippen molar-refractivity contribution in [2.24, 2.45) is 0 Å². The van der Waals surface area contributed by atoms with Gasteiger partial charge in [-0.05, 0) is 68.7 Å². The van der Waals surface area contributed by atoms with Crippen molar-refractivity contribution < 1.29 is 0 Å². The van der Waals surface area contributed by atoms with Crippen molar-refractivity contribution in [2.45, 2.75) is 65.2 Å². The van der Waals surface area contributed by atoms with Gasteiger partial charge in [-0.2, -0.15) is 0 Å². The van der Waals surface area contributed by atoms with Crippen LogP contribution in [-0.2, 0) is 19.3 Å². The average Bonchev–Trinajstić information content (AvgIpc) is 2.48. The van der Waals surface area contributed by atoms with Crippen LogP contribution >= 0.6 is 0 Å². The molecule has 0 fully saturated rings. The zero-order valence-corrected chi connectivity index (χ0v) is 12.8. The summed E-state index contributed by atoms with van der Waals surface area (Å²) in [4.78, 5) is 5.00. The molecular weight excluding hydrogens is 242 g/mol. The van der Waals surface area contributed by atoms with E-state index in [9.17, 15) is 0 Å². The summed E-state index contributed by atoms with van der Waals surface area (Å²) in [5, 5.41) is 1.42. The lowest BCUT2D eigenvalue weighted by atomic mass is 9.86. The highest BCUT2D eigenvalue weighted by molar-refractivity contribution is 5.84. The van der Waals surface area contributed by atoms with E-state index in [0.29, 0.717) is 0 Å². The van der Waals surface area contributed by atoms with Gasteiger partial charge in [-0.25, -0.2) is 0 Å². The molecule has 2 aromatic rings. The van der Waals surface area contributed by atoms with E-state index in [4.69, 9.17) is 4.98 Å². The summed E-state index contributed by atoms with van der Waals surface area (Å²) in [6, 6.07) is 6.74. The first kappa shape index (κ1) is 13.6. The second-order valence-corrected chi connectivity index (χ2v) is 6.20. The number of aryl methyl sites for hydroxylation is 3. The van der Waals surface area contributed by atoms with Crippen LogP contribution < -0.4 is 0 Å². The third kappa shape index (κ3) is 2.59. The Morgan fingerprint density at radius 3 is 2.65 bits per heavy atom. The van der Waals surface area contributed by atoms with Gasteiger partial charge in [-0.3, -0.25) is 4.98 Å². The standard InChI is InChI=1S/C19H25N/c1-3-4-5-10-18-16-9-7-6-8-15(16)17-13-14(2)11-12-19(17)20-18/h11-13H,3-10H2,1-2H3. The fourth-order valence-electron chi connectivity index (χ4n) is 3.47. The summed E-state index contributed by atoms with van der Waals surface area (Å²) in [5.74, 6) is 0. The van der Waals surface area contributed by atoms with Crippen LogP contribution in [0.2, 0.25) is 0 Å². The Morgan fingerprint density at radius 2 is 1.85 bits per heavy atom. The Kier molecular flexibility index (Phi) is 4.05. The number of hydrogen-bond donors (Lipinski definition) is 0. The third-order valence-corrected chi connectivity index (χ3v) is 4.57. The maximum absolute atomic E-state index is 5.00. The molecule has 106 valence electrons. The van der Waals surface area contributed by atoms with Crippen molar-refractivity contribution in [1.82, 2.24) is 4.98 Å². The Bertz CT molecular complexity index is 613. The molecule has 1 aliphatic carbocycles. The van der Waals surface area contributed by atoms with Gasteiger partial charge in [-0.1, -0.05) is 31.4 Å². The first-order chi connectivity index (χ1) is 9.79. The van der Waals surface area contributed by atoms with Gasteiger partial charge < -0.3 is 0 Å². The number of fused-ring (bicyclic) bond motifs is 3. The maximum Gasteiger partial charge on any atom is 0.0708 e. The first-order valence-corrected chi connectivity index (χ1v) is 8.20. The number of benzene rings is 1. The Labute approximate surface area is 122 Å². The van der Waals surface area contributed by atoms with Crippen LogP contribution in [0, 0.1) is 6.92 Å². The normalized spacial score (nSPS) is 14.5. The summed E-state index contributed by atoms with van der Waals surface area (Å²) in [6.07, 6.45) is 10.2. The van der Waals surface area contributed by atoms with Crippen LogP contribution in [0.1, 0.15) is 61.4 Å². The second-order valence-electron chi connectivity index (χ2n) is 6.20. The molecule has 1 nitrogen and oxygen atoms in total. The molecular formula is C19H25N. The van der Waals surface area contributed by atoms with Crippen molar-refractivity contribution in [3.05, 3.63) is 40.6 Å². The molecule has 20 heavy (non-hydrogen) atoms. The molecule has 0 spiro atoms. The van der Waals surface area contributed by atoms with Crippen LogP contribution in [0.25, 0.3) is 10.9 Å². The maximum atomic E-state index is 5.00. The molecule has 0 saturated heterocycles. The number of aromatic nitrogens is 1. The first-order valence-electron chi connectivity index (χ1n) is 8.20. The van der Waals surface area contributed by atoms with E-state index in [0.717, 1.165) is 0 Å². The SMILES string of the molecule is CCCCCc1nc2ccc(C)cc2c2c1CCCC2. The molecule has 0 bridgehead atoms. The molecule has 1 aliphatic rings. The highest BCUT2D eigenvalue weighted by atomic mass is 14.7.